The Balaban J connectivity index is 3.34. The van der Waals surface area contributed by atoms with Crippen molar-refractivity contribution in [1.29, 1.82) is 0 Å². The maximum atomic E-state index is 6.72. The SMILES string of the molecule is CO[C@@H]1O[C@H](CO[Si](C)(C)C)[C@H](O[Si](C)(C)C)[C@H](O[Si](C)(C)C)[C@H]1O[Si](C)(C)C. The van der Waals surface area contributed by atoms with Gasteiger partial charge in [0.25, 0.3) is 0 Å². The van der Waals surface area contributed by atoms with E-state index in [0.29, 0.717) is 6.61 Å². The maximum absolute atomic E-state index is 6.72. The van der Waals surface area contributed by atoms with Crippen LogP contribution in [0.3, 0.4) is 0 Å². The van der Waals surface area contributed by atoms with E-state index >= 15 is 0 Å². The summed E-state index contributed by atoms with van der Waals surface area (Å²) < 4.78 is 38.4. The summed E-state index contributed by atoms with van der Waals surface area (Å²) in [4.78, 5) is 0. The second-order valence-corrected chi connectivity index (χ2v) is 29.7. The summed E-state index contributed by atoms with van der Waals surface area (Å²) in [5.41, 5.74) is 0. The standard InChI is InChI=1S/C19H46O6Si4/c1-20-19-18(25-29(11,12)13)17(24-28(8,9)10)16(23-27(5,6)7)15(22-19)14-21-26(2,3)4/h15-19H,14H2,1-13H3/t15-,16+,17+,18-,19-/m1/s1. The molecule has 1 rings (SSSR count). The predicted octanol–water partition coefficient (Wildman–Crippen LogP) is 4.87. The molecule has 0 aromatic heterocycles. The molecule has 6 nitrogen and oxygen atoms in total. The Kier molecular flexibility index (Phi) is 9.59. The van der Waals surface area contributed by atoms with Crippen LogP contribution in [0.4, 0.5) is 0 Å². The molecule has 0 spiro atoms. The fraction of sp³-hybridized carbons (Fsp3) is 1.00. The van der Waals surface area contributed by atoms with Gasteiger partial charge in [0.2, 0.25) is 0 Å². The first-order valence-electron chi connectivity index (χ1n) is 10.7. The van der Waals surface area contributed by atoms with E-state index in [2.05, 4.69) is 78.6 Å². The lowest BCUT2D eigenvalue weighted by molar-refractivity contribution is -0.283. The lowest BCUT2D eigenvalue weighted by Crippen LogP contribution is -2.66. The smallest absolute Gasteiger partial charge is 0.185 e. The van der Waals surface area contributed by atoms with Gasteiger partial charge in [-0.05, 0) is 78.6 Å². The number of hydrogen-bond donors (Lipinski definition) is 0. The van der Waals surface area contributed by atoms with Crippen molar-refractivity contribution in [2.24, 2.45) is 0 Å². The summed E-state index contributed by atoms with van der Waals surface area (Å²) in [6, 6.07) is 0. The van der Waals surface area contributed by atoms with E-state index in [1.807, 2.05) is 0 Å². The van der Waals surface area contributed by atoms with Gasteiger partial charge < -0.3 is 27.2 Å². The van der Waals surface area contributed by atoms with Crippen molar-refractivity contribution in [1.82, 2.24) is 0 Å². The summed E-state index contributed by atoms with van der Waals surface area (Å²) in [5, 5.41) is 0. The summed E-state index contributed by atoms with van der Waals surface area (Å²) in [6.45, 7) is 26.8. The number of hydrogen-bond acceptors (Lipinski definition) is 6. The molecule has 174 valence electrons. The Morgan fingerprint density at radius 2 is 1.00 bits per heavy atom. The van der Waals surface area contributed by atoms with Crippen molar-refractivity contribution in [3.63, 3.8) is 0 Å². The van der Waals surface area contributed by atoms with Crippen LogP contribution < -0.4 is 0 Å². The van der Waals surface area contributed by atoms with Gasteiger partial charge in [-0.25, -0.2) is 0 Å². The summed E-state index contributed by atoms with van der Waals surface area (Å²) in [6.07, 6.45) is -1.55. The Morgan fingerprint density at radius 3 is 1.38 bits per heavy atom. The van der Waals surface area contributed by atoms with Crippen LogP contribution in [0.25, 0.3) is 0 Å². The normalized spacial score (nSPS) is 29.9. The highest BCUT2D eigenvalue weighted by molar-refractivity contribution is 6.71. The Labute approximate surface area is 183 Å². The van der Waals surface area contributed by atoms with Crippen LogP contribution in [0.1, 0.15) is 0 Å². The molecule has 1 heterocycles. The molecule has 10 heteroatoms. The molecular formula is C19H46O6Si4. The molecule has 5 atom stereocenters. The third-order valence-corrected chi connectivity index (χ3v) is 7.94. The summed E-state index contributed by atoms with van der Waals surface area (Å²) in [7, 11) is -5.66. The molecule has 0 amide bonds. The van der Waals surface area contributed by atoms with Crippen LogP contribution >= 0.6 is 0 Å². The third-order valence-electron chi connectivity index (χ3n) is 3.97. The first-order chi connectivity index (χ1) is 12.8. The van der Waals surface area contributed by atoms with Crippen LogP contribution in [0.5, 0.6) is 0 Å². The Morgan fingerprint density at radius 1 is 0.586 bits per heavy atom. The highest BCUT2D eigenvalue weighted by Gasteiger charge is 2.51. The van der Waals surface area contributed by atoms with Gasteiger partial charge in [0.1, 0.15) is 24.4 Å². The molecular weight excluding hydrogens is 437 g/mol. The minimum Gasteiger partial charge on any atom is -0.415 e. The molecule has 1 aliphatic rings. The van der Waals surface area contributed by atoms with Gasteiger partial charge in [0.05, 0.1) is 6.61 Å². The molecule has 0 saturated carbocycles. The largest absolute Gasteiger partial charge is 0.415 e. The van der Waals surface area contributed by atoms with E-state index in [9.17, 15) is 0 Å². The van der Waals surface area contributed by atoms with Crippen LogP contribution in [0.15, 0.2) is 0 Å². The molecule has 0 bridgehead atoms. The fourth-order valence-electron chi connectivity index (χ4n) is 3.16. The molecule has 1 aliphatic heterocycles. The van der Waals surface area contributed by atoms with Crippen LogP contribution in [0.2, 0.25) is 78.6 Å². The fourth-order valence-corrected chi connectivity index (χ4v) is 7.07. The molecule has 1 fully saturated rings. The minimum absolute atomic E-state index is 0.238. The Hall–Kier alpha value is 0.628. The lowest BCUT2D eigenvalue weighted by atomic mass is 9.99. The van der Waals surface area contributed by atoms with E-state index < -0.39 is 39.6 Å². The van der Waals surface area contributed by atoms with E-state index in [1.165, 1.54) is 0 Å². The maximum Gasteiger partial charge on any atom is 0.185 e. The zero-order valence-corrected chi connectivity index (χ0v) is 25.0. The molecule has 0 unspecified atom stereocenters. The highest BCUT2D eigenvalue weighted by atomic mass is 28.4. The van der Waals surface area contributed by atoms with Crippen molar-refractivity contribution < 1.29 is 27.2 Å². The predicted molar refractivity (Wildman–Crippen MR) is 130 cm³/mol. The van der Waals surface area contributed by atoms with E-state index in [-0.39, 0.29) is 24.4 Å². The van der Waals surface area contributed by atoms with Gasteiger partial charge in [0, 0.05) is 7.11 Å². The summed E-state index contributed by atoms with van der Waals surface area (Å²) >= 11 is 0. The summed E-state index contributed by atoms with van der Waals surface area (Å²) in [5.74, 6) is 0. The zero-order chi connectivity index (χ0) is 22.8. The minimum atomic E-state index is -1.88. The first kappa shape index (κ1) is 27.7. The van der Waals surface area contributed by atoms with Crippen molar-refractivity contribution in [2.75, 3.05) is 13.7 Å². The van der Waals surface area contributed by atoms with Gasteiger partial charge in [-0.2, -0.15) is 0 Å². The molecule has 0 N–H and O–H groups in total. The molecule has 0 aromatic rings. The van der Waals surface area contributed by atoms with Gasteiger partial charge in [-0.3, -0.25) is 0 Å². The van der Waals surface area contributed by atoms with Crippen LogP contribution in [-0.2, 0) is 27.2 Å². The lowest BCUT2D eigenvalue weighted by Gasteiger charge is -2.50. The topological polar surface area (TPSA) is 55.4 Å². The van der Waals surface area contributed by atoms with E-state index in [1.54, 1.807) is 7.11 Å². The van der Waals surface area contributed by atoms with Crippen LogP contribution in [0, 0.1) is 0 Å². The first-order valence-corrected chi connectivity index (χ1v) is 24.3. The zero-order valence-electron chi connectivity index (χ0n) is 21.0. The van der Waals surface area contributed by atoms with Crippen LogP contribution in [-0.4, -0.2) is 77.7 Å². The van der Waals surface area contributed by atoms with Gasteiger partial charge in [0.15, 0.2) is 39.6 Å². The molecule has 0 aromatic carbocycles. The molecule has 0 aliphatic carbocycles. The van der Waals surface area contributed by atoms with Gasteiger partial charge in [-0.1, -0.05) is 0 Å². The second kappa shape index (κ2) is 10.1. The number of methoxy groups -OCH3 is 1. The average molecular weight is 483 g/mol. The van der Waals surface area contributed by atoms with E-state index in [4.69, 9.17) is 27.2 Å². The second-order valence-electron chi connectivity index (χ2n) is 11.8. The third kappa shape index (κ3) is 10.7. The number of rotatable bonds is 10. The van der Waals surface area contributed by atoms with Crippen molar-refractivity contribution in [2.45, 2.75) is 109 Å². The van der Waals surface area contributed by atoms with Crippen molar-refractivity contribution in [3.8, 4) is 0 Å². The van der Waals surface area contributed by atoms with Crippen molar-refractivity contribution >= 4 is 33.3 Å². The monoisotopic (exact) mass is 482 g/mol. The molecule has 1 saturated heterocycles. The average Bonchev–Trinajstić information content (AvgIpc) is 2.44. The molecule has 0 radical (unpaired) electrons. The Bertz CT molecular complexity index is 507. The quantitative estimate of drug-likeness (QED) is 0.414. The molecule has 29 heavy (non-hydrogen) atoms. The van der Waals surface area contributed by atoms with Gasteiger partial charge in [-0.15, -0.1) is 0 Å². The highest BCUT2D eigenvalue weighted by Crippen LogP contribution is 2.34. The van der Waals surface area contributed by atoms with Crippen molar-refractivity contribution in [3.05, 3.63) is 0 Å². The number of ether oxygens (including phenoxy) is 2. The van der Waals surface area contributed by atoms with E-state index in [0.717, 1.165) is 0 Å². The van der Waals surface area contributed by atoms with Gasteiger partial charge >= 0.3 is 0 Å².